The van der Waals surface area contributed by atoms with E-state index in [-0.39, 0.29) is 35.5 Å². The summed E-state index contributed by atoms with van der Waals surface area (Å²) in [6, 6.07) is 7.78. The maximum absolute atomic E-state index is 14.4. The zero-order chi connectivity index (χ0) is 19.3. The molecule has 1 amide bonds. The first-order chi connectivity index (χ1) is 13.6. The van der Waals surface area contributed by atoms with Crippen LogP contribution in [0.25, 0.3) is 0 Å². The highest BCUT2D eigenvalue weighted by Crippen LogP contribution is 2.52. The predicted octanol–water partition coefficient (Wildman–Crippen LogP) is 2.00. The number of anilines is 3. The topological polar surface area (TPSA) is 105 Å². The van der Waals surface area contributed by atoms with E-state index < -0.39 is 5.82 Å². The minimum atomic E-state index is -0.535. The molecule has 2 saturated carbocycles. The first-order valence-corrected chi connectivity index (χ1v) is 9.73. The van der Waals surface area contributed by atoms with Crippen LogP contribution in [-0.4, -0.2) is 28.5 Å². The Morgan fingerprint density at radius 2 is 2.14 bits per heavy atom. The maximum Gasteiger partial charge on any atom is 0.229 e. The van der Waals surface area contributed by atoms with Crippen LogP contribution in [-0.2, 0) is 11.3 Å². The zero-order valence-corrected chi connectivity index (χ0v) is 15.4. The number of fused-ring (bicyclic) bond motifs is 5. The summed E-state index contributed by atoms with van der Waals surface area (Å²) in [6.07, 6.45) is 3.06. The fraction of sp³-hybridized carbons (Fsp3) is 0.450. The molecule has 5 N–H and O–H groups in total. The summed E-state index contributed by atoms with van der Waals surface area (Å²) >= 11 is 0. The fourth-order valence-corrected chi connectivity index (χ4v) is 5.31. The van der Waals surface area contributed by atoms with Gasteiger partial charge in [-0.1, -0.05) is 12.1 Å². The van der Waals surface area contributed by atoms with Gasteiger partial charge < -0.3 is 21.7 Å². The molecule has 5 rings (SSSR count). The molecule has 1 aromatic carbocycles. The standard InChI is InChI=1S/C20H23FN6O/c21-15-9-24-20-25-13-3-1-2-10(4-13)7-23-8-12-5-11-6-14(12)17(16(11)18(22)28)26-19(15)27-20/h1-4,9,11-12,14,16-17,23H,5-8H2,(H2,22,28)(H2,24,25,26,27)/t11-,12-,14+,16-,17+/m0/s1. The van der Waals surface area contributed by atoms with Gasteiger partial charge in [0, 0.05) is 18.3 Å². The Morgan fingerprint density at radius 1 is 1.25 bits per heavy atom. The first kappa shape index (κ1) is 17.4. The highest BCUT2D eigenvalue weighted by Gasteiger charge is 2.54. The SMILES string of the molecule is NC(=O)[C@H]1[C@H]2C[C@H]3CNCc4cccc(c4)Nc4ncc(F)c(n4)N[C@@H]1[C@@H]3C2. The van der Waals surface area contributed by atoms with E-state index in [0.717, 1.165) is 43.4 Å². The van der Waals surface area contributed by atoms with Gasteiger partial charge in [-0.2, -0.15) is 4.98 Å². The number of nitrogens with two attached hydrogens (primary N) is 1. The molecule has 2 aliphatic carbocycles. The lowest BCUT2D eigenvalue weighted by Gasteiger charge is -2.35. The van der Waals surface area contributed by atoms with Gasteiger partial charge in [-0.25, -0.2) is 9.37 Å². The van der Waals surface area contributed by atoms with E-state index in [9.17, 15) is 9.18 Å². The number of aromatic nitrogens is 2. The lowest BCUT2D eigenvalue weighted by atomic mass is 9.77. The Bertz CT molecular complexity index is 921. The van der Waals surface area contributed by atoms with Crippen molar-refractivity contribution in [3.63, 3.8) is 0 Å². The molecule has 2 aromatic rings. The molecule has 1 aromatic heterocycles. The summed E-state index contributed by atoms with van der Waals surface area (Å²) in [5.74, 6) is 0.190. The molecule has 5 atom stereocenters. The number of hydrogen-bond donors (Lipinski definition) is 4. The molecule has 0 radical (unpaired) electrons. The summed E-state index contributed by atoms with van der Waals surface area (Å²) in [6.45, 7) is 1.62. The van der Waals surface area contributed by atoms with E-state index in [2.05, 4.69) is 32.0 Å². The summed E-state index contributed by atoms with van der Waals surface area (Å²) in [5, 5.41) is 9.88. The number of carbonyl (C=O) groups is 1. The van der Waals surface area contributed by atoms with Crippen molar-refractivity contribution in [2.24, 2.45) is 29.4 Å². The van der Waals surface area contributed by atoms with Crippen LogP contribution in [0.4, 0.5) is 21.8 Å². The third-order valence-electron chi connectivity index (χ3n) is 6.44. The van der Waals surface area contributed by atoms with E-state index in [1.54, 1.807) is 0 Å². The monoisotopic (exact) mass is 382 g/mol. The van der Waals surface area contributed by atoms with E-state index in [4.69, 9.17) is 5.73 Å². The average Bonchev–Trinajstić information content (AvgIpc) is 3.22. The van der Waals surface area contributed by atoms with Crippen molar-refractivity contribution in [3.05, 3.63) is 41.8 Å². The van der Waals surface area contributed by atoms with E-state index >= 15 is 0 Å². The summed E-state index contributed by atoms with van der Waals surface area (Å²) < 4.78 is 14.4. The number of nitrogens with one attached hydrogen (secondary N) is 3. The predicted molar refractivity (Wildman–Crippen MR) is 103 cm³/mol. The summed E-state index contributed by atoms with van der Waals surface area (Å²) in [4.78, 5) is 20.5. The van der Waals surface area contributed by atoms with Crippen LogP contribution in [0.3, 0.4) is 0 Å². The van der Waals surface area contributed by atoms with Gasteiger partial charge in [-0.15, -0.1) is 0 Å². The van der Waals surface area contributed by atoms with Crippen LogP contribution in [0.15, 0.2) is 30.5 Å². The van der Waals surface area contributed by atoms with Gasteiger partial charge in [-0.3, -0.25) is 4.79 Å². The normalized spacial score (nSPS) is 30.8. The summed E-state index contributed by atoms with van der Waals surface area (Å²) in [5.41, 5.74) is 7.69. The molecule has 28 heavy (non-hydrogen) atoms. The van der Waals surface area contributed by atoms with E-state index in [1.165, 1.54) is 0 Å². The van der Waals surface area contributed by atoms with Crippen LogP contribution in [0.1, 0.15) is 18.4 Å². The number of primary amides is 1. The third kappa shape index (κ3) is 2.97. The molecular formula is C20H23FN6O. The lowest BCUT2D eigenvalue weighted by molar-refractivity contribution is -0.123. The van der Waals surface area contributed by atoms with E-state index in [1.807, 2.05) is 18.2 Å². The molecule has 7 nitrogen and oxygen atoms in total. The van der Waals surface area contributed by atoms with Crippen molar-refractivity contribution in [1.29, 1.82) is 0 Å². The highest BCUT2D eigenvalue weighted by molar-refractivity contribution is 5.79. The molecule has 0 saturated heterocycles. The second kappa shape index (κ2) is 6.70. The number of hydrogen-bond acceptors (Lipinski definition) is 6. The molecule has 1 aliphatic heterocycles. The van der Waals surface area contributed by atoms with Crippen LogP contribution < -0.4 is 21.7 Å². The number of halogens is 1. The smallest absolute Gasteiger partial charge is 0.229 e. The van der Waals surface area contributed by atoms with Crippen molar-refractivity contribution in [3.8, 4) is 0 Å². The van der Waals surface area contributed by atoms with Crippen LogP contribution >= 0.6 is 0 Å². The van der Waals surface area contributed by atoms with Gasteiger partial charge in [0.25, 0.3) is 0 Å². The van der Waals surface area contributed by atoms with Crippen molar-refractivity contribution < 1.29 is 9.18 Å². The number of nitrogens with zero attached hydrogens (tertiary/aromatic N) is 2. The third-order valence-corrected chi connectivity index (χ3v) is 6.44. The second-order valence-corrected chi connectivity index (χ2v) is 8.10. The zero-order valence-electron chi connectivity index (χ0n) is 15.4. The highest BCUT2D eigenvalue weighted by atomic mass is 19.1. The van der Waals surface area contributed by atoms with Gasteiger partial charge in [0.05, 0.1) is 12.1 Å². The van der Waals surface area contributed by atoms with Gasteiger partial charge in [0.15, 0.2) is 11.6 Å². The van der Waals surface area contributed by atoms with Crippen LogP contribution in [0, 0.1) is 29.5 Å². The van der Waals surface area contributed by atoms with Crippen molar-refractivity contribution in [2.45, 2.75) is 25.4 Å². The minimum Gasteiger partial charge on any atom is -0.369 e. The summed E-state index contributed by atoms with van der Waals surface area (Å²) in [7, 11) is 0. The second-order valence-electron chi connectivity index (χ2n) is 8.10. The largest absolute Gasteiger partial charge is 0.369 e. The molecule has 6 bridgehead atoms. The lowest BCUT2D eigenvalue weighted by Crippen LogP contribution is -2.47. The van der Waals surface area contributed by atoms with Gasteiger partial charge in [0.2, 0.25) is 11.9 Å². The van der Waals surface area contributed by atoms with Gasteiger partial charge in [-0.05, 0) is 54.8 Å². The molecule has 2 fully saturated rings. The van der Waals surface area contributed by atoms with Gasteiger partial charge >= 0.3 is 0 Å². The molecule has 2 heterocycles. The Kier molecular flexibility index (Phi) is 4.16. The first-order valence-electron chi connectivity index (χ1n) is 9.73. The number of carbonyl (C=O) groups excluding carboxylic acids is 1. The van der Waals surface area contributed by atoms with Crippen molar-refractivity contribution in [1.82, 2.24) is 15.3 Å². The number of benzene rings is 1. The molecule has 3 aliphatic rings. The molecular weight excluding hydrogens is 359 g/mol. The van der Waals surface area contributed by atoms with Crippen LogP contribution in [0.2, 0.25) is 0 Å². The fourth-order valence-electron chi connectivity index (χ4n) is 5.31. The number of amides is 1. The molecule has 8 heteroatoms. The molecule has 146 valence electrons. The van der Waals surface area contributed by atoms with E-state index in [0.29, 0.717) is 11.9 Å². The maximum atomic E-state index is 14.4. The number of rotatable bonds is 1. The van der Waals surface area contributed by atoms with Crippen molar-refractivity contribution in [2.75, 3.05) is 17.2 Å². The quantitative estimate of drug-likeness (QED) is 0.601. The Labute approximate surface area is 162 Å². The average molecular weight is 382 g/mol. The Hall–Kier alpha value is -2.74. The van der Waals surface area contributed by atoms with Crippen LogP contribution in [0.5, 0.6) is 0 Å². The Balaban J connectivity index is 1.54. The van der Waals surface area contributed by atoms with Gasteiger partial charge in [0.1, 0.15) is 0 Å². The minimum absolute atomic E-state index is 0.112. The van der Waals surface area contributed by atoms with Crippen molar-refractivity contribution >= 4 is 23.4 Å². The molecule has 0 unspecified atom stereocenters. The molecule has 0 spiro atoms. The Morgan fingerprint density at radius 3 is 3.00 bits per heavy atom.